The molecule has 1 rings (SSSR count). The molecule has 2 N–H and O–H groups in total. The van der Waals surface area contributed by atoms with Crippen molar-refractivity contribution in [1.82, 2.24) is 0 Å². The van der Waals surface area contributed by atoms with Crippen molar-refractivity contribution < 1.29 is 19.8 Å². The van der Waals surface area contributed by atoms with E-state index in [0.717, 1.165) is 0 Å². The highest BCUT2D eigenvalue weighted by Gasteiger charge is 2.12. The van der Waals surface area contributed by atoms with E-state index in [0.29, 0.717) is 17.7 Å². The number of hydrogen-bond acceptors (Lipinski definition) is 3. The lowest BCUT2D eigenvalue weighted by Gasteiger charge is -2.05. The van der Waals surface area contributed by atoms with Crippen LogP contribution in [0.5, 0.6) is 0 Å². The molecule has 0 spiro atoms. The molecule has 15 heavy (non-hydrogen) atoms. The average molecular weight is 226 g/mol. The number of carboxylic acids is 2. The summed E-state index contributed by atoms with van der Waals surface area (Å²) in [4.78, 5) is 21.5. The van der Waals surface area contributed by atoms with Crippen molar-refractivity contribution in [3.05, 3.63) is 34.9 Å². The monoisotopic (exact) mass is 226 g/mol. The molecule has 5 heteroatoms. The first-order chi connectivity index (χ1) is 7.06. The predicted molar refractivity (Wildman–Crippen MR) is 57.9 cm³/mol. The Kier molecular flexibility index (Phi) is 3.74. The number of carboxylic acid groups (broad SMARTS) is 2. The number of aromatic carboxylic acids is 2. The molecule has 0 radical (unpaired) electrons. The van der Waals surface area contributed by atoms with Crippen LogP contribution in [0.1, 0.15) is 26.3 Å². The van der Waals surface area contributed by atoms with Gasteiger partial charge in [0.25, 0.3) is 0 Å². The summed E-state index contributed by atoms with van der Waals surface area (Å²) in [6.45, 7) is 0. The zero-order valence-corrected chi connectivity index (χ0v) is 8.70. The fourth-order valence-electron chi connectivity index (χ4n) is 1.25. The van der Waals surface area contributed by atoms with Gasteiger partial charge >= 0.3 is 11.9 Å². The van der Waals surface area contributed by atoms with Crippen LogP contribution in [-0.4, -0.2) is 27.9 Å². The predicted octanol–water partition coefficient (Wildman–Crippen LogP) is 1.56. The largest absolute Gasteiger partial charge is 0.478 e. The topological polar surface area (TPSA) is 74.6 Å². The third-order valence-corrected chi connectivity index (χ3v) is 2.19. The van der Waals surface area contributed by atoms with Gasteiger partial charge in [0.05, 0.1) is 11.1 Å². The quantitative estimate of drug-likeness (QED) is 0.681. The van der Waals surface area contributed by atoms with Crippen LogP contribution < -0.4 is 0 Å². The molecule has 0 aromatic heterocycles. The minimum atomic E-state index is -1.13. The van der Waals surface area contributed by atoms with Crippen LogP contribution in [0.3, 0.4) is 0 Å². The third-order valence-electron chi connectivity index (χ3n) is 1.97. The third kappa shape index (κ3) is 2.73. The Labute approximate surface area is 92.0 Å². The summed E-state index contributed by atoms with van der Waals surface area (Å²) in [5.41, 5.74) is 0.613. The van der Waals surface area contributed by atoms with Crippen LogP contribution in [0.4, 0.5) is 0 Å². The molecule has 80 valence electrons. The van der Waals surface area contributed by atoms with Gasteiger partial charge in [-0.15, -0.1) is 0 Å². The Hall–Kier alpha value is -1.49. The molecular formula is C10H10O4S. The number of benzene rings is 1. The van der Waals surface area contributed by atoms with Gasteiger partial charge in [0.15, 0.2) is 0 Å². The Balaban J connectivity index is 3.20. The van der Waals surface area contributed by atoms with E-state index < -0.39 is 11.9 Å². The smallest absolute Gasteiger partial charge is 0.335 e. The molecule has 1 aromatic rings. The maximum atomic E-state index is 10.9. The van der Waals surface area contributed by atoms with Crippen LogP contribution >= 0.6 is 12.6 Å². The molecule has 0 bridgehead atoms. The van der Waals surface area contributed by atoms with Gasteiger partial charge in [-0.05, 0) is 29.9 Å². The average Bonchev–Trinajstić information content (AvgIpc) is 2.18. The van der Waals surface area contributed by atoms with E-state index in [1.165, 1.54) is 18.2 Å². The molecule has 0 fully saturated rings. The number of rotatable bonds is 4. The first-order valence-corrected chi connectivity index (χ1v) is 4.90. The lowest BCUT2D eigenvalue weighted by atomic mass is 10.0. The molecule has 0 saturated heterocycles. The van der Waals surface area contributed by atoms with Crippen molar-refractivity contribution in [3.63, 3.8) is 0 Å². The highest BCUT2D eigenvalue weighted by atomic mass is 32.1. The Morgan fingerprint density at radius 2 is 1.87 bits per heavy atom. The molecular weight excluding hydrogens is 216 g/mol. The summed E-state index contributed by atoms with van der Waals surface area (Å²) in [5.74, 6) is -1.73. The number of hydrogen-bond donors (Lipinski definition) is 3. The minimum Gasteiger partial charge on any atom is -0.478 e. The highest BCUT2D eigenvalue weighted by Crippen LogP contribution is 2.13. The van der Waals surface area contributed by atoms with Gasteiger partial charge < -0.3 is 10.2 Å². The van der Waals surface area contributed by atoms with Crippen molar-refractivity contribution in [2.45, 2.75) is 6.42 Å². The first-order valence-electron chi connectivity index (χ1n) is 4.26. The van der Waals surface area contributed by atoms with E-state index >= 15 is 0 Å². The maximum absolute atomic E-state index is 10.9. The van der Waals surface area contributed by atoms with Gasteiger partial charge in [0.2, 0.25) is 0 Å². The minimum absolute atomic E-state index is 0.0182. The summed E-state index contributed by atoms with van der Waals surface area (Å²) >= 11 is 4.00. The zero-order valence-electron chi connectivity index (χ0n) is 7.80. The zero-order chi connectivity index (χ0) is 11.4. The van der Waals surface area contributed by atoms with E-state index in [1.54, 1.807) is 0 Å². The van der Waals surface area contributed by atoms with Crippen molar-refractivity contribution >= 4 is 24.6 Å². The lowest BCUT2D eigenvalue weighted by molar-refractivity contribution is 0.0695. The van der Waals surface area contributed by atoms with Crippen LogP contribution in [0.2, 0.25) is 0 Å². The molecule has 1 aromatic carbocycles. The molecule has 4 nitrogen and oxygen atoms in total. The standard InChI is InChI=1S/C10H10O4S/c11-9(12)7-2-1-6(3-4-15)8(5-7)10(13)14/h1-2,5,15H,3-4H2,(H,11,12)(H,13,14). The fourth-order valence-corrected chi connectivity index (χ4v) is 1.49. The highest BCUT2D eigenvalue weighted by molar-refractivity contribution is 7.80. The summed E-state index contributed by atoms with van der Waals surface area (Å²) in [5, 5.41) is 17.6. The normalized spacial score (nSPS) is 9.93. The van der Waals surface area contributed by atoms with E-state index in [9.17, 15) is 9.59 Å². The molecule has 0 amide bonds. The summed E-state index contributed by atoms with van der Waals surface area (Å²) in [7, 11) is 0. The van der Waals surface area contributed by atoms with Crippen molar-refractivity contribution in [2.24, 2.45) is 0 Å². The Morgan fingerprint density at radius 3 is 2.33 bits per heavy atom. The molecule has 0 aliphatic rings. The Morgan fingerprint density at radius 1 is 1.20 bits per heavy atom. The van der Waals surface area contributed by atoms with Crippen molar-refractivity contribution in [3.8, 4) is 0 Å². The second-order valence-electron chi connectivity index (χ2n) is 2.96. The van der Waals surface area contributed by atoms with E-state index in [1.807, 2.05) is 0 Å². The van der Waals surface area contributed by atoms with Crippen LogP contribution in [0.25, 0.3) is 0 Å². The second kappa shape index (κ2) is 4.84. The molecule has 0 atom stereocenters. The molecule has 0 heterocycles. The molecule has 0 aliphatic heterocycles. The van der Waals surface area contributed by atoms with Crippen LogP contribution in [0.15, 0.2) is 18.2 Å². The van der Waals surface area contributed by atoms with Gasteiger partial charge in [-0.3, -0.25) is 0 Å². The summed E-state index contributed by atoms with van der Waals surface area (Å²) in [6.07, 6.45) is 0.505. The van der Waals surface area contributed by atoms with E-state index in [2.05, 4.69) is 12.6 Å². The lowest BCUT2D eigenvalue weighted by Crippen LogP contribution is -2.06. The van der Waals surface area contributed by atoms with Crippen molar-refractivity contribution in [1.29, 1.82) is 0 Å². The molecule has 0 aliphatic carbocycles. The summed E-state index contributed by atoms with van der Waals surface area (Å²) < 4.78 is 0. The van der Waals surface area contributed by atoms with Gasteiger partial charge in [-0.1, -0.05) is 6.07 Å². The maximum Gasteiger partial charge on any atom is 0.335 e. The van der Waals surface area contributed by atoms with Gasteiger partial charge in [-0.25, -0.2) is 9.59 Å². The van der Waals surface area contributed by atoms with Crippen LogP contribution in [0, 0.1) is 0 Å². The summed E-state index contributed by atoms with van der Waals surface area (Å²) in [6, 6.07) is 4.08. The number of carbonyl (C=O) groups is 2. The van der Waals surface area contributed by atoms with Crippen molar-refractivity contribution in [2.75, 3.05) is 5.75 Å². The van der Waals surface area contributed by atoms with Gasteiger partial charge in [0, 0.05) is 0 Å². The number of aryl methyl sites for hydroxylation is 1. The van der Waals surface area contributed by atoms with E-state index in [4.69, 9.17) is 10.2 Å². The van der Waals surface area contributed by atoms with Gasteiger partial charge in [0.1, 0.15) is 0 Å². The SMILES string of the molecule is O=C(O)c1ccc(CCS)c(C(=O)O)c1. The molecule has 0 saturated carbocycles. The second-order valence-corrected chi connectivity index (χ2v) is 3.40. The fraction of sp³-hybridized carbons (Fsp3) is 0.200. The molecule has 0 unspecified atom stereocenters. The number of thiol groups is 1. The van der Waals surface area contributed by atoms with Gasteiger partial charge in [-0.2, -0.15) is 12.6 Å². The Bertz CT molecular complexity index is 400. The van der Waals surface area contributed by atoms with Crippen LogP contribution in [-0.2, 0) is 6.42 Å². The van der Waals surface area contributed by atoms with E-state index in [-0.39, 0.29) is 11.1 Å². The first kappa shape index (κ1) is 11.6.